The Kier molecular flexibility index (Phi) is 4.49. The van der Waals surface area contributed by atoms with E-state index in [4.69, 9.17) is 9.78 Å². The van der Waals surface area contributed by atoms with E-state index in [1.165, 1.54) is 11.1 Å². The Balaban J connectivity index is 1.36. The third kappa shape index (κ3) is 2.89. The number of fused-ring (bicyclic) bond motifs is 4. The molecular formula is C30H40O5. The average molecular weight is 481 g/mol. The average Bonchev–Trinajstić information content (AvgIpc) is 3.07. The van der Waals surface area contributed by atoms with Gasteiger partial charge in [0.15, 0.2) is 0 Å². The van der Waals surface area contributed by atoms with Gasteiger partial charge in [0.05, 0.1) is 12.2 Å². The summed E-state index contributed by atoms with van der Waals surface area (Å²) in [6.45, 7) is 7.29. The molecule has 0 radical (unpaired) electrons. The van der Waals surface area contributed by atoms with Crippen molar-refractivity contribution in [1.29, 1.82) is 0 Å². The predicted molar refractivity (Wildman–Crippen MR) is 131 cm³/mol. The second-order valence-corrected chi connectivity index (χ2v) is 14.3. The van der Waals surface area contributed by atoms with E-state index in [0.717, 1.165) is 51.4 Å². The maximum atomic E-state index is 13.2. The zero-order chi connectivity index (χ0) is 24.4. The fraction of sp³-hybridized carbons (Fsp3) is 0.767. The van der Waals surface area contributed by atoms with Crippen molar-refractivity contribution in [3.63, 3.8) is 0 Å². The number of benzene rings is 1. The highest BCUT2D eigenvalue weighted by atomic mass is 17.2. The molecule has 1 aliphatic heterocycles. The van der Waals surface area contributed by atoms with E-state index in [9.17, 15) is 15.0 Å². The normalized spacial score (nSPS) is 49.7. The number of carbonyl (C=O) groups is 1. The Labute approximate surface area is 208 Å². The Morgan fingerprint density at radius 1 is 1.06 bits per heavy atom. The maximum absolute atomic E-state index is 13.2. The van der Waals surface area contributed by atoms with Crippen molar-refractivity contribution in [2.45, 2.75) is 102 Å². The summed E-state index contributed by atoms with van der Waals surface area (Å²) >= 11 is 0. The zero-order valence-electron chi connectivity index (χ0n) is 21.4. The minimum absolute atomic E-state index is 0.0284. The third-order valence-corrected chi connectivity index (χ3v) is 11.8. The monoisotopic (exact) mass is 480 g/mol. The van der Waals surface area contributed by atoms with Crippen molar-refractivity contribution < 1.29 is 24.8 Å². The van der Waals surface area contributed by atoms with Crippen molar-refractivity contribution in [1.82, 2.24) is 0 Å². The molecule has 1 saturated heterocycles. The van der Waals surface area contributed by atoms with Crippen LogP contribution in [0.2, 0.25) is 0 Å². The lowest BCUT2D eigenvalue weighted by Gasteiger charge is -2.70. The molecule has 35 heavy (non-hydrogen) atoms. The number of rotatable bonds is 0. The Morgan fingerprint density at radius 2 is 1.89 bits per heavy atom. The summed E-state index contributed by atoms with van der Waals surface area (Å²) in [5.41, 5.74) is 0.748. The summed E-state index contributed by atoms with van der Waals surface area (Å²) < 4.78 is 0. The number of phenolic OH excluding ortho intramolecular Hbond substituents is 1. The number of ketones is 1. The number of aromatic hydroxyl groups is 1. The van der Waals surface area contributed by atoms with Crippen molar-refractivity contribution >= 4 is 5.78 Å². The van der Waals surface area contributed by atoms with Crippen molar-refractivity contribution in [2.24, 2.45) is 34.0 Å². The molecule has 0 amide bonds. The van der Waals surface area contributed by atoms with Crippen molar-refractivity contribution in [3.8, 4) is 5.75 Å². The number of hydrogen-bond acceptors (Lipinski definition) is 5. The van der Waals surface area contributed by atoms with Crippen LogP contribution in [-0.4, -0.2) is 33.8 Å². The topological polar surface area (TPSA) is 76.0 Å². The Bertz CT molecular complexity index is 1100. The van der Waals surface area contributed by atoms with Crippen LogP contribution in [0, 0.1) is 34.0 Å². The fourth-order valence-electron chi connectivity index (χ4n) is 10.7. The van der Waals surface area contributed by atoms with E-state index in [1.54, 1.807) is 0 Å². The lowest BCUT2D eigenvalue weighted by molar-refractivity contribution is -0.425. The van der Waals surface area contributed by atoms with Crippen LogP contribution < -0.4 is 0 Å². The van der Waals surface area contributed by atoms with Crippen LogP contribution in [-0.2, 0) is 21.0 Å². The van der Waals surface area contributed by atoms with Crippen LogP contribution in [0.5, 0.6) is 5.75 Å². The molecule has 1 aromatic carbocycles. The Morgan fingerprint density at radius 3 is 2.69 bits per heavy atom. The quantitative estimate of drug-likeness (QED) is 0.482. The van der Waals surface area contributed by atoms with Gasteiger partial charge < -0.3 is 10.2 Å². The van der Waals surface area contributed by atoms with Crippen LogP contribution >= 0.6 is 0 Å². The molecule has 5 aliphatic carbocycles. The molecule has 1 heterocycles. The molecule has 1 unspecified atom stereocenters. The molecule has 7 rings (SSSR count). The van der Waals surface area contributed by atoms with Gasteiger partial charge >= 0.3 is 0 Å². The van der Waals surface area contributed by atoms with Crippen LogP contribution in [0.25, 0.3) is 0 Å². The largest absolute Gasteiger partial charge is 0.508 e. The first kappa shape index (κ1) is 22.7. The zero-order valence-corrected chi connectivity index (χ0v) is 21.4. The second-order valence-electron chi connectivity index (χ2n) is 14.3. The van der Waals surface area contributed by atoms with Crippen LogP contribution in [0.15, 0.2) is 18.2 Å². The lowest BCUT2D eigenvalue weighted by Crippen LogP contribution is -2.70. The molecule has 2 N–H and O–H groups in total. The molecule has 4 saturated carbocycles. The van der Waals surface area contributed by atoms with Gasteiger partial charge in [0.25, 0.3) is 0 Å². The number of hydrogen-bond donors (Lipinski definition) is 2. The second kappa shape index (κ2) is 6.90. The van der Waals surface area contributed by atoms with Gasteiger partial charge in [-0.05, 0) is 104 Å². The Hall–Kier alpha value is -1.43. The summed E-state index contributed by atoms with van der Waals surface area (Å²) in [4.78, 5) is 25.0. The highest BCUT2D eigenvalue weighted by molar-refractivity contribution is 5.87. The van der Waals surface area contributed by atoms with Gasteiger partial charge in [0, 0.05) is 23.7 Å². The van der Waals surface area contributed by atoms with Gasteiger partial charge in [-0.3, -0.25) is 4.79 Å². The summed E-state index contributed by atoms with van der Waals surface area (Å²) in [5, 5.41) is 23.1. The summed E-state index contributed by atoms with van der Waals surface area (Å²) in [5.74, 6) is 2.27. The van der Waals surface area contributed by atoms with Crippen LogP contribution in [0.1, 0.15) is 95.6 Å². The standard InChI is InChI=1S/C30H40O5/c1-26(2)15-28(35-34-17-26)10-11-29-13-18-12-19(31)4-5-20(18)22-14-27(3)23(6-7-24(27)32)21(25(22)29)8-9-30(29,33)16-28/h4-5,12,21-23,25,31,33H,6-11,13-17H2,1-3H3/t21-,22+,23-,25+,27-,28?,29-,30+/m0/s1. The van der Waals surface area contributed by atoms with Crippen molar-refractivity contribution in [3.05, 3.63) is 29.3 Å². The summed E-state index contributed by atoms with van der Waals surface area (Å²) in [6, 6.07) is 5.86. The summed E-state index contributed by atoms with van der Waals surface area (Å²) in [6.07, 6.45) is 8.48. The smallest absolute Gasteiger partial charge is 0.139 e. The first-order valence-electron chi connectivity index (χ1n) is 13.9. The number of carbonyl (C=O) groups excluding carboxylic acids is 1. The first-order valence-corrected chi connectivity index (χ1v) is 13.9. The highest BCUT2D eigenvalue weighted by Gasteiger charge is 2.72. The van der Waals surface area contributed by atoms with Gasteiger partial charge in [0.2, 0.25) is 0 Å². The van der Waals surface area contributed by atoms with Gasteiger partial charge in [-0.15, -0.1) is 0 Å². The van der Waals surface area contributed by atoms with Gasteiger partial charge in [-0.2, -0.15) is 0 Å². The first-order chi connectivity index (χ1) is 16.5. The molecule has 0 aromatic heterocycles. The minimum Gasteiger partial charge on any atom is -0.508 e. The minimum atomic E-state index is -0.832. The number of phenols is 1. The molecule has 0 bridgehead atoms. The maximum Gasteiger partial charge on any atom is 0.139 e. The predicted octanol–water partition coefficient (Wildman–Crippen LogP) is 5.47. The molecule has 5 nitrogen and oxygen atoms in total. The van der Waals surface area contributed by atoms with E-state index in [-0.39, 0.29) is 22.2 Å². The van der Waals surface area contributed by atoms with Gasteiger partial charge in [-0.1, -0.05) is 26.8 Å². The van der Waals surface area contributed by atoms with Crippen LogP contribution in [0.3, 0.4) is 0 Å². The van der Waals surface area contributed by atoms with Gasteiger partial charge in [0.1, 0.15) is 17.1 Å². The molecule has 8 atom stereocenters. The van der Waals surface area contributed by atoms with E-state index in [2.05, 4.69) is 26.8 Å². The van der Waals surface area contributed by atoms with E-state index < -0.39 is 11.2 Å². The number of aliphatic hydroxyl groups is 1. The third-order valence-electron chi connectivity index (χ3n) is 11.8. The van der Waals surface area contributed by atoms with E-state index >= 15 is 0 Å². The highest BCUT2D eigenvalue weighted by Crippen LogP contribution is 2.74. The van der Waals surface area contributed by atoms with Crippen molar-refractivity contribution in [2.75, 3.05) is 6.61 Å². The number of Topliss-reactive ketones (excluding diaryl/α,β-unsaturated/α-hetero) is 1. The SMILES string of the molecule is CC1(C)COOC2(CC[C@@]34Cc5cc(O)ccc5[C@H]5C[C@]6(C)C(=O)CC[C@H]6[C@H](CC[C@@]3(O)C2)[C@H]54)C1. The molecule has 5 fully saturated rings. The fourth-order valence-corrected chi connectivity index (χ4v) is 10.7. The lowest BCUT2D eigenvalue weighted by atomic mass is 9.36. The molecule has 190 valence electrons. The van der Waals surface area contributed by atoms with Crippen LogP contribution in [0.4, 0.5) is 0 Å². The molecule has 1 aromatic rings. The van der Waals surface area contributed by atoms with Gasteiger partial charge in [-0.25, -0.2) is 9.78 Å². The molecular weight excluding hydrogens is 440 g/mol. The molecule has 5 heteroatoms. The molecule has 2 spiro atoms. The molecule has 6 aliphatic rings. The van der Waals surface area contributed by atoms with E-state index in [1.807, 2.05) is 12.1 Å². The van der Waals surface area contributed by atoms with E-state index in [0.29, 0.717) is 48.7 Å². The summed E-state index contributed by atoms with van der Waals surface area (Å²) in [7, 11) is 0.